The van der Waals surface area contributed by atoms with Crippen LogP contribution < -0.4 is 15.8 Å². The Hall–Kier alpha value is -1.07. The van der Waals surface area contributed by atoms with Crippen LogP contribution in [0.2, 0.25) is 0 Å². The van der Waals surface area contributed by atoms with Crippen LogP contribution in [0.1, 0.15) is 12.8 Å². The molecule has 1 aromatic rings. The third-order valence-corrected chi connectivity index (χ3v) is 2.59. The normalized spacial score (nSPS) is 10.0. The van der Waals surface area contributed by atoms with Gasteiger partial charge in [-0.15, -0.1) is 0 Å². The summed E-state index contributed by atoms with van der Waals surface area (Å²) >= 11 is 3.36. The topological polar surface area (TPSA) is 64.4 Å². The molecule has 0 aliphatic heterocycles. The van der Waals surface area contributed by atoms with Crippen molar-refractivity contribution in [1.82, 2.24) is 5.32 Å². The van der Waals surface area contributed by atoms with Crippen LogP contribution >= 0.6 is 15.9 Å². The third kappa shape index (κ3) is 6.28. The third-order valence-electron chi connectivity index (χ3n) is 2.10. The summed E-state index contributed by atoms with van der Waals surface area (Å²) < 4.78 is 6.45. The van der Waals surface area contributed by atoms with Crippen molar-refractivity contribution >= 4 is 21.8 Å². The van der Waals surface area contributed by atoms with Gasteiger partial charge in [0.1, 0.15) is 12.4 Å². The van der Waals surface area contributed by atoms with Crippen molar-refractivity contribution in [3.8, 4) is 5.75 Å². The number of ether oxygens (including phenoxy) is 1. The number of amides is 1. The van der Waals surface area contributed by atoms with Gasteiger partial charge in [-0.25, -0.2) is 0 Å². The zero-order valence-electron chi connectivity index (χ0n) is 9.62. The number of hydrogen-bond acceptors (Lipinski definition) is 3. The number of carbonyl (C=O) groups is 1. The molecule has 0 aliphatic carbocycles. The molecule has 17 heavy (non-hydrogen) atoms. The molecule has 1 aromatic carbocycles. The van der Waals surface area contributed by atoms with E-state index in [9.17, 15) is 4.79 Å². The SMILES string of the molecule is NCCCC(=O)NCCOc1cccc(Br)c1. The second kappa shape index (κ2) is 8.08. The Morgan fingerprint density at radius 2 is 2.29 bits per heavy atom. The Labute approximate surface area is 110 Å². The fourth-order valence-corrected chi connectivity index (χ4v) is 1.65. The molecule has 0 heterocycles. The summed E-state index contributed by atoms with van der Waals surface area (Å²) in [7, 11) is 0. The molecule has 5 heteroatoms. The fourth-order valence-electron chi connectivity index (χ4n) is 1.27. The summed E-state index contributed by atoms with van der Waals surface area (Å²) in [6, 6.07) is 7.60. The number of benzene rings is 1. The van der Waals surface area contributed by atoms with E-state index in [0.29, 0.717) is 26.1 Å². The van der Waals surface area contributed by atoms with Gasteiger partial charge in [0.25, 0.3) is 0 Å². The predicted octanol–water partition coefficient (Wildman–Crippen LogP) is 1.68. The molecular weight excluding hydrogens is 284 g/mol. The second-order valence-electron chi connectivity index (χ2n) is 3.55. The predicted molar refractivity (Wildman–Crippen MR) is 70.9 cm³/mol. The maximum atomic E-state index is 11.2. The van der Waals surface area contributed by atoms with E-state index >= 15 is 0 Å². The molecule has 1 rings (SSSR count). The summed E-state index contributed by atoms with van der Waals surface area (Å²) in [6.07, 6.45) is 1.20. The second-order valence-corrected chi connectivity index (χ2v) is 4.46. The van der Waals surface area contributed by atoms with Gasteiger partial charge in [0.2, 0.25) is 5.91 Å². The van der Waals surface area contributed by atoms with Gasteiger partial charge >= 0.3 is 0 Å². The first-order valence-electron chi connectivity index (χ1n) is 5.57. The summed E-state index contributed by atoms with van der Waals surface area (Å²) in [5.74, 6) is 0.809. The van der Waals surface area contributed by atoms with Crippen molar-refractivity contribution in [1.29, 1.82) is 0 Å². The van der Waals surface area contributed by atoms with Gasteiger partial charge in [0.15, 0.2) is 0 Å². The van der Waals surface area contributed by atoms with Crippen molar-refractivity contribution < 1.29 is 9.53 Å². The van der Waals surface area contributed by atoms with Crippen LogP contribution in [0.25, 0.3) is 0 Å². The highest BCUT2D eigenvalue weighted by molar-refractivity contribution is 9.10. The number of halogens is 1. The first-order chi connectivity index (χ1) is 8.22. The molecule has 0 saturated carbocycles. The van der Waals surface area contributed by atoms with Crippen LogP contribution in [0.4, 0.5) is 0 Å². The molecule has 1 amide bonds. The van der Waals surface area contributed by atoms with Crippen LogP contribution in [0.15, 0.2) is 28.7 Å². The Morgan fingerprint density at radius 1 is 1.47 bits per heavy atom. The van der Waals surface area contributed by atoms with E-state index in [-0.39, 0.29) is 5.91 Å². The van der Waals surface area contributed by atoms with Crippen LogP contribution in [-0.4, -0.2) is 25.6 Å². The summed E-state index contributed by atoms with van der Waals surface area (Å²) in [4.78, 5) is 11.2. The largest absolute Gasteiger partial charge is 0.492 e. The molecule has 0 aliphatic rings. The van der Waals surface area contributed by atoms with Crippen molar-refractivity contribution in [3.63, 3.8) is 0 Å². The van der Waals surface area contributed by atoms with Gasteiger partial charge in [-0.2, -0.15) is 0 Å². The number of nitrogens with two attached hydrogens (primary N) is 1. The van der Waals surface area contributed by atoms with E-state index in [0.717, 1.165) is 16.6 Å². The van der Waals surface area contributed by atoms with Gasteiger partial charge < -0.3 is 15.8 Å². The lowest BCUT2D eigenvalue weighted by Crippen LogP contribution is -2.28. The maximum Gasteiger partial charge on any atom is 0.220 e. The van der Waals surface area contributed by atoms with E-state index in [1.807, 2.05) is 24.3 Å². The lowest BCUT2D eigenvalue weighted by atomic mass is 10.3. The monoisotopic (exact) mass is 300 g/mol. The zero-order chi connectivity index (χ0) is 12.5. The summed E-state index contributed by atoms with van der Waals surface area (Å²) in [5.41, 5.74) is 5.31. The summed E-state index contributed by atoms with van der Waals surface area (Å²) in [6.45, 7) is 1.52. The Morgan fingerprint density at radius 3 is 3.00 bits per heavy atom. The van der Waals surface area contributed by atoms with E-state index in [4.69, 9.17) is 10.5 Å². The van der Waals surface area contributed by atoms with Crippen LogP contribution in [0.5, 0.6) is 5.75 Å². The van der Waals surface area contributed by atoms with Crippen molar-refractivity contribution in [2.24, 2.45) is 5.73 Å². The minimum Gasteiger partial charge on any atom is -0.492 e. The molecular formula is C12H17BrN2O2. The van der Waals surface area contributed by atoms with E-state index in [2.05, 4.69) is 21.2 Å². The molecule has 0 bridgehead atoms. The first kappa shape index (κ1) is 14.0. The van der Waals surface area contributed by atoms with Crippen molar-refractivity contribution in [3.05, 3.63) is 28.7 Å². The number of carbonyl (C=O) groups excluding carboxylic acids is 1. The molecule has 0 spiro atoms. The minimum atomic E-state index is 0.0216. The van der Waals surface area contributed by atoms with E-state index < -0.39 is 0 Å². The van der Waals surface area contributed by atoms with Gasteiger partial charge in [0.05, 0.1) is 6.54 Å². The molecule has 0 fully saturated rings. The average Bonchev–Trinajstić information content (AvgIpc) is 2.32. The van der Waals surface area contributed by atoms with Crippen molar-refractivity contribution in [2.45, 2.75) is 12.8 Å². The van der Waals surface area contributed by atoms with Gasteiger partial charge in [0, 0.05) is 10.9 Å². The maximum absolute atomic E-state index is 11.2. The molecule has 94 valence electrons. The molecule has 4 nitrogen and oxygen atoms in total. The number of hydrogen-bond donors (Lipinski definition) is 2. The number of rotatable bonds is 7. The first-order valence-corrected chi connectivity index (χ1v) is 6.37. The van der Waals surface area contributed by atoms with Crippen molar-refractivity contribution in [2.75, 3.05) is 19.7 Å². The zero-order valence-corrected chi connectivity index (χ0v) is 11.2. The Bertz CT molecular complexity index is 358. The molecule has 0 saturated heterocycles. The molecule has 0 atom stereocenters. The van der Waals surface area contributed by atoms with E-state index in [1.54, 1.807) is 0 Å². The smallest absolute Gasteiger partial charge is 0.220 e. The Balaban J connectivity index is 2.14. The lowest BCUT2D eigenvalue weighted by Gasteiger charge is -2.07. The molecule has 0 unspecified atom stereocenters. The number of nitrogens with one attached hydrogen (secondary N) is 1. The van der Waals surface area contributed by atoms with Gasteiger partial charge in [-0.05, 0) is 31.2 Å². The highest BCUT2D eigenvalue weighted by Crippen LogP contribution is 2.17. The average molecular weight is 301 g/mol. The lowest BCUT2D eigenvalue weighted by molar-refractivity contribution is -0.121. The van der Waals surface area contributed by atoms with Gasteiger partial charge in [-0.1, -0.05) is 22.0 Å². The highest BCUT2D eigenvalue weighted by atomic mass is 79.9. The molecule has 0 radical (unpaired) electrons. The standard InChI is InChI=1S/C12H17BrN2O2/c13-10-3-1-4-11(9-10)17-8-7-15-12(16)5-2-6-14/h1,3-4,9H,2,5-8,14H2,(H,15,16). The highest BCUT2D eigenvalue weighted by Gasteiger charge is 1.99. The van der Waals surface area contributed by atoms with Gasteiger partial charge in [-0.3, -0.25) is 4.79 Å². The molecule has 3 N–H and O–H groups in total. The summed E-state index contributed by atoms with van der Waals surface area (Å²) in [5, 5.41) is 2.77. The van der Waals surface area contributed by atoms with Crippen LogP contribution in [-0.2, 0) is 4.79 Å². The quantitative estimate of drug-likeness (QED) is 0.753. The van der Waals surface area contributed by atoms with Crippen LogP contribution in [0, 0.1) is 0 Å². The fraction of sp³-hybridized carbons (Fsp3) is 0.417. The van der Waals surface area contributed by atoms with Crippen LogP contribution in [0.3, 0.4) is 0 Å². The van der Waals surface area contributed by atoms with E-state index in [1.165, 1.54) is 0 Å². The Kier molecular flexibility index (Phi) is 6.65. The minimum absolute atomic E-state index is 0.0216. The molecule has 0 aromatic heterocycles.